The van der Waals surface area contributed by atoms with Gasteiger partial charge in [-0.2, -0.15) is 0 Å². The number of aliphatic hydroxyl groups excluding tert-OH is 1. The zero-order chi connectivity index (χ0) is 14.0. The Bertz CT molecular complexity index is 407. The Morgan fingerprint density at radius 1 is 1.37 bits per heavy atom. The van der Waals surface area contributed by atoms with Crippen LogP contribution in [0.3, 0.4) is 0 Å². The zero-order valence-electron chi connectivity index (χ0n) is 11.6. The lowest BCUT2D eigenvalue weighted by atomic mass is 9.91. The molecule has 4 heteroatoms. The molecule has 0 radical (unpaired) electrons. The highest BCUT2D eigenvalue weighted by Crippen LogP contribution is 2.29. The first-order valence-electron chi connectivity index (χ1n) is 6.92. The molecule has 1 aliphatic rings. The summed E-state index contributed by atoms with van der Waals surface area (Å²) in [5.74, 6) is 0.0186. The highest BCUT2D eigenvalue weighted by molar-refractivity contribution is 5.21. The number of nitrogens with zero attached hydrogens (tertiary/aromatic N) is 1. The van der Waals surface area contributed by atoms with Gasteiger partial charge in [0.1, 0.15) is 5.82 Å². The number of piperidine rings is 1. The van der Waals surface area contributed by atoms with Gasteiger partial charge in [-0.3, -0.25) is 4.90 Å². The molecule has 1 aromatic carbocycles. The molecule has 0 saturated carbocycles. The van der Waals surface area contributed by atoms with Crippen LogP contribution in [0.25, 0.3) is 0 Å². The maximum Gasteiger partial charge on any atom is 0.123 e. The summed E-state index contributed by atoms with van der Waals surface area (Å²) >= 11 is 0. The number of hydrogen-bond acceptors (Lipinski definition) is 3. The predicted molar refractivity (Wildman–Crippen MR) is 74.2 cm³/mol. The van der Waals surface area contributed by atoms with Crippen molar-refractivity contribution in [3.8, 4) is 0 Å². The largest absolute Gasteiger partial charge is 0.393 e. The molecule has 0 bridgehead atoms. The minimum atomic E-state index is -0.227. The van der Waals surface area contributed by atoms with E-state index in [0.717, 1.165) is 25.1 Å². The SMILES string of the molecule is CC(N)C(c1ccc(F)cc1)N1CCC(O)C(C)C1. The van der Waals surface area contributed by atoms with Gasteiger partial charge >= 0.3 is 0 Å². The van der Waals surface area contributed by atoms with Gasteiger partial charge in [0.25, 0.3) is 0 Å². The number of nitrogens with two attached hydrogens (primary N) is 1. The first-order chi connectivity index (χ1) is 8.99. The number of hydrogen-bond donors (Lipinski definition) is 2. The maximum absolute atomic E-state index is 13.0. The van der Waals surface area contributed by atoms with Gasteiger partial charge in [0.2, 0.25) is 0 Å². The molecule has 1 aromatic rings. The van der Waals surface area contributed by atoms with Crippen LogP contribution in [0.2, 0.25) is 0 Å². The fraction of sp³-hybridized carbons (Fsp3) is 0.600. The van der Waals surface area contributed by atoms with Gasteiger partial charge < -0.3 is 10.8 Å². The van der Waals surface area contributed by atoms with Crippen molar-refractivity contribution in [2.45, 2.75) is 38.5 Å². The molecule has 2 rings (SSSR count). The number of rotatable bonds is 3. The summed E-state index contributed by atoms with van der Waals surface area (Å²) < 4.78 is 13.0. The molecule has 3 N–H and O–H groups in total. The van der Waals surface area contributed by atoms with E-state index >= 15 is 0 Å². The Labute approximate surface area is 114 Å². The molecule has 4 atom stereocenters. The summed E-state index contributed by atoms with van der Waals surface area (Å²) in [5.41, 5.74) is 7.16. The van der Waals surface area contributed by atoms with Crippen molar-refractivity contribution in [2.75, 3.05) is 13.1 Å². The molecular weight excluding hydrogens is 243 g/mol. The lowest BCUT2D eigenvalue weighted by Gasteiger charge is -2.41. The van der Waals surface area contributed by atoms with Crippen LogP contribution in [0.4, 0.5) is 4.39 Å². The topological polar surface area (TPSA) is 49.5 Å². The minimum absolute atomic E-state index is 0.0343. The molecule has 1 aliphatic heterocycles. The van der Waals surface area contributed by atoms with Crippen LogP contribution in [-0.4, -0.2) is 35.2 Å². The molecular formula is C15H23FN2O. The van der Waals surface area contributed by atoms with Gasteiger partial charge in [-0.1, -0.05) is 19.1 Å². The van der Waals surface area contributed by atoms with Crippen molar-refractivity contribution in [1.82, 2.24) is 4.90 Å². The molecule has 19 heavy (non-hydrogen) atoms. The Kier molecular flexibility index (Phi) is 4.55. The van der Waals surface area contributed by atoms with Crippen molar-refractivity contribution >= 4 is 0 Å². The van der Waals surface area contributed by atoms with Crippen LogP contribution < -0.4 is 5.73 Å². The number of likely N-dealkylation sites (tertiary alicyclic amines) is 1. The van der Waals surface area contributed by atoms with Crippen LogP contribution in [0.1, 0.15) is 31.9 Å². The number of benzene rings is 1. The molecule has 106 valence electrons. The molecule has 4 unspecified atom stereocenters. The summed E-state index contributed by atoms with van der Waals surface area (Å²) in [6.07, 6.45) is 0.546. The number of aliphatic hydroxyl groups is 1. The second kappa shape index (κ2) is 5.99. The van der Waals surface area contributed by atoms with Crippen molar-refractivity contribution in [3.63, 3.8) is 0 Å². The van der Waals surface area contributed by atoms with E-state index in [-0.39, 0.29) is 29.9 Å². The standard InChI is InChI=1S/C15H23FN2O/c1-10-9-18(8-7-14(10)19)15(11(2)17)12-3-5-13(16)6-4-12/h3-6,10-11,14-15,19H,7-9,17H2,1-2H3. The van der Waals surface area contributed by atoms with Gasteiger partial charge in [0, 0.05) is 25.2 Å². The Hall–Kier alpha value is -0.970. The van der Waals surface area contributed by atoms with Gasteiger partial charge in [-0.25, -0.2) is 4.39 Å². The van der Waals surface area contributed by atoms with E-state index in [9.17, 15) is 9.50 Å². The van der Waals surface area contributed by atoms with Crippen LogP contribution in [0, 0.1) is 11.7 Å². The van der Waals surface area contributed by atoms with Crippen LogP contribution >= 0.6 is 0 Å². The third-order valence-electron chi connectivity index (χ3n) is 3.99. The van der Waals surface area contributed by atoms with Crippen LogP contribution in [0.15, 0.2) is 24.3 Å². The average Bonchev–Trinajstić information content (AvgIpc) is 2.36. The van der Waals surface area contributed by atoms with E-state index in [2.05, 4.69) is 11.8 Å². The van der Waals surface area contributed by atoms with Crippen molar-refractivity contribution in [2.24, 2.45) is 11.7 Å². The van der Waals surface area contributed by atoms with E-state index in [0.29, 0.717) is 0 Å². The molecule has 1 saturated heterocycles. The molecule has 0 aliphatic carbocycles. The Morgan fingerprint density at radius 2 is 2.00 bits per heavy atom. The smallest absolute Gasteiger partial charge is 0.123 e. The molecule has 3 nitrogen and oxygen atoms in total. The highest BCUT2D eigenvalue weighted by atomic mass is 19.1. The molecule has 1 heterocycles. The molecule has 1 fully saturated rings. The first kappa shape index (κ1) is 14.4. The molecule has 0 spiro atoms. The van der Waals surface area contributed by atoms with Gasteiger partial charge in [-0.15, -0.1) is 0 Å². The second-order valence-corrected chi connectivity index (χ2v) is 5.68. The fourth-order valence-corrected chi connectivity index (χ4v) is 2.92. The Morgan fingerprint density at radius 3 is 2.53 bits per heavy atom. The normalized spacial score (nSPS) is 28.1. The van der Waals surface area contributed by atoms with Gasteiger partial charge in [0.15, 0.2) is 0 Å². The summed E-state index contributed by atoms with van der Waals surface area (Å²) in [6.45, 7) is 5.68. The molecule has 0 aromatic heterocycles. The van der Waals surface area contributed by atoms with E-state index in [1.54, 1.807) is 12.1 Å². The van der Waals surface area contributed by atoms with Gasteiger partial charge in [0.05, 0.1) is 6.10 Å². The summed E-state index contributed by atoms with van der Waals surface area (Å²) in [7, 11) is 0. The summed E-state index contributed by atoms with van der Waals surface area (Å²) in [4.78, 5) is 2.30. The maximum atomic E-state index is 13.0. The second-order valence-electron chi connectivity index (χ2n) is 5.68. The third-order valence-corrected chi connectivity index (χ3v) is 3.99. The van der Waals surface area contributed by atoms with Gasteiger partial charge in [-0.05, 0) is 37.0 Å². The van der Waals surface area contributed by atoms with Crippen LogP contribution in [0.5, 0.6) is 0 Å². The average molecular weight is 266 g/mol. The number of halogens is 1. The Balaban J connectivity index is 2.18. The van der Waals surface area contributed by atoms with E-state index in [1.165, 1.54) is 12.1 Å². The third kappa shape index (κ3) is 3.32. The predicted octanol–water partition coefficient (Wildman–Crippen LogP) is 1.92. The van der Waals surface area contributed by atoms with Crippen LogP contribution in [-0.2, 0) is 0 Å². The van der Waals surface area contributed by atoms with E-state index in [4.69, 9.17) is 5.73 Å². The fourth-order valence-electron chi connectivity index (χ4n) is 2.92. The van der Waals surface area contributed by atoms with E-state index in [1.807, 2.05) is 6.92 Å². The van der Waals surface area contributed by atoms with Crippen molar-refractivity contribution in [1.29, 1.82) is 0 Å². The van der Waals surface area contributed by atoms with Crippen molar-refractivity contribution < 1.29 is 9.50 Å². The summed E-state index contributed by atoms with van der Waals surface area (Å²) in [6, 6.07) is 6.61. The van der Waals surface area contributed by atoms with E-state index < -0.39 is 0 Å². The highest BCUT2D eigenvalue weighted by Gasteiger charge is 2.31. The molecule has 0 amide bonds. The quantitative estimate of drug-likeness (QED) is 0.878. The lowest BCUT2D eigenvalue weighted by Crippen LogP contribution is -2.48. The van der Waals surface area contributed by atoms with Crippen molar-refractivity contribution in [3.05, 3.63) is 35.6 Å². The lowest BCUT2D eigenvalue weighted by molar-refractivity contribution is 0.0126. The first-order valence-corrected chi connectivity index (χ1v) is 6.92. The minimum Gasteiger partial charge on any atom is -0.393 e. The zero-order valence-corrected chi connectivity index (χ0v) is 11.6. The monoisotopic (exact) mass is 266 g/mol. The summed E-state index contributed by atoms with van der Waals surface area (Å²) in [5, 5.41) is 9.82.